The van der Waals surface area contributed by atoms with E-state index in [0.29, 0.717) is 19.6 Å². The molecule has 0 bridgehead atoms. The summed E-state index contributed by atoms with van der Waals surface area (Å²) in [5.41, 5.74) is 2.00. The minimum atomic E-state index is -2.04. The van der Waals surface area contributed by atoms with Crippen molar-refractivity contribution in [3.8, 4) is 11.8 Å². The van der Waals surface area contributed by atoms with Gasteiger partial charge >= 0.3 is 5.97 Å². The maximum Gasteiger partial charge on any atom is 0.308 e. The van der Waals surface area contributed by atoms with Crippen LogP contribution in [0.3, 0.4) is 0 Å². The van der Waals surface area contributed by atoms with Gasteiger partial charge in [0.15, 0.2) is 8.32 Å². The monoisotopic (exact) mass is 582 g/mol. The fraction of sp³-hybridized carbons (Fsp3) is 0.545. The molecule has 1 heterocycles. The number of ether oxygens (including phenoxy) is 4. The number of aliphatic hydroxyl groups is 1. The third kappa shape index (κ3) is 10.1. The third-order valence-electron chi connectivity index (χ3n) is 7.77. The molecule has 0 unspecified atom stereocenters. The first kappa shape index (κ1) is 33.0. The first-order valence-corrected chi connectivity index (χ1v) is 17.2. The van der Waals surface area contributed by atoms with E-state index >= 15 is 0 Å². The maximum absolute atomic E-state index is 12.2. The van der Waals surface area contributed by atoms with Crippen molar-refractivity contribution in [2.24, 2.45) is 0 Å². The van der Waals surface area contributed by atoms with E-state index in [1.54, 1.807) is 0 Å². The van der Waals surface area contributed by atoms with Crippen molar-refractivity contribution in [3.63, 3.8) is 0 Å². The lowest BCUT2D eigenvalue weighted by Gasteiger charge is -2.42. The zero-order valence-electron chi connectivity index (χ0n) is 25.5. The molecule has 224 valence electrons. The Morgan fingerprint density at radius 2 is 1.56 bits per heavy atom. The van der Waals surface area contributed by atoms with Crippen molar-refractivity contribution in [2.75, 3.05) is 7.11 Å². The molecule has 8 heteroatoms. The summed E-state index contributed by atoms with van der Waals surface area (Å²) in [4.78, 5) is 12.2. The van der Waals surface area contributed by atoms with Gasteiger partial charge in [0.2, 0.25) is 0 Å². The molecule has 0 spiro atoms. The van der Waals surface area contributed by atoms with E-state index < -0.39 is 44.8 Å². The molecule has 0 aliphatic carbocycles. The Labute approximate surface area is 246 Å². The molecule has 0 amide bonds. The summed E-state index contributed by atoms with van der Waals surface area (Å²) >= 11 is 0. The van der Waals surface area contributed by atoms with E-state index in [-0.39, 0.29) is 17.6 Å². The molecule has 1 fully saturated rings. The molecule has 7 nitrogen and oxygen atoms in total. The van der Waals surface area contributed by atoms with Crippen LogP contribution in [0, 0.1) is 11.8 Å². The largest absolute Gasteiger partial charge is 0.469 e. The number of esters is 1. The van der Waals surface area contributed by atoms with Crippen molar-refractivity contribution in [3.05, 3.63) is 71.8 Å². The van der Waals surface area contributed by atoms with Crippen LogP contribution in [0.5, 0.6) is 0 Å². The van der Waals surface area contributed by atoms with Gasteiger partial charge in [-0.1, -0.05) is 93.3 Å². The summed E-state index contributed by atoms with van der Waals surface area (Å²) in [5, 5.41) is 11.4. The normalized spacial score (nSPS) is 22.7. The molecular formula is C33H46O7Si. The Kier molecular flexibility index (Phi) is 12.2. The Morgan fingerprint density at radius 3 is 2.10 bits per heavy atom. The number of rotatable bonds is 11. The number of hydrogen-bond acceptors (Lipinski definition) is 7. The summed E-state index contributed by atoms with van der Waals surface area (Å²) < 4.78 is 30.4. The highest BCUT2D eigenvalue weighted by molar-refractivity contribution is 6.74. The van der Waals surface area contributed by atoms with E-state index in [0.717, 1.165) is 11.1 Å². The lowest BCUT2D eigenvalue weighted by Crippen LogP contribution is -2.55. The van der Waals surface area contributed by atoms with Gasteiger partial charge in [-0.3, -0.25) is 4.79 Å². The second kappa shape index (κ2) is 15.1. The second-order valence-electron chi connectivity index (χ2n) is 12.1. The molecule has 41 heavy (non-hydrogen) atoms. The molecule has 0 saturated carbocycles. The second-order valence-corrected chi connectivity index (χ2v) is 16.8. The predicted octanol–water partition coefficient (Wildman–Crippen LogP) is 5.65. The average molecular weight is 583 g/mol. The fourth-order valence-electron chi connectivity index (χ4n) is 4.46. The van der Waals surface area contributed by atoms with Crippen LogP contribution >= 0.6 is 0 Å². The van der Waals surface area contributed by atoms with Crippen molar-refractivity contribution >= 4 is 14.3 Å². The van der Waals surface area contributed by atoms with Crippen LogP contribution < -0.4 is 0 Å². The average Bonchev–Trinajstić information content (AvgIpc) is 2.94. The minimum Gasteiger partial charge on any atom is -0.469 e. The highest BCUT2D eigenvalue weighted by Gasteiger charge is 2.44. The van der Waals surface area contributed by atoms with Gasteiger partial charge in [0, 0.05) is 6.42 Å². The Hall–Kier alpha value is -2.51. The molecule has 6 atom stereocenters. The molecule has 1 aliphatic heterocycles. The van der Waals surface area contributed by atoms with Gasteiger partial charge < -0.3 is 28.5 Å². The summed E-state index contributed by atoms with van der Waals surface area (Å²) in [6.07, 6.45) is -3.58. The lowest BCUT2D eigenvalue weighted by molar-refractivity contribution is -0.225. The van der Waals surface area contributed by atoms with Gasteiger partial charge in [0.25, 0.3) is 0 Å². The molecule has 2 aromatic carbocycles. The Balaban J connectivity index is 1.86. The van der Waals surface area contributed by atoms with E-state index in [1.165, 1.54) is 7.11 Å². The summed E-state index contributed by atoms with van der Waals surface area (Å²) in [6.45, 7) is 13.4. The van der Waals surface area contributed by atoms with Crippen LogP contribution in [0.4, 0.5) is 0 Å². The van der Waals surface area contributed by atoms with Crippen LogP contribution in [-0.4, -0.2) is 63.1 Å². The van der Waals surface area contributed by atoms with Crippen LogP contribution in [0.25, 0.3) is 0 Å². The number of aliphatic hydroxyl groups excluding tert-OH is 1. The van der Waals surface area contributed by atoms with Gasteiger partial charge in [-0.05, 0) is 36.2 Å². The number of carbonyl (C=O) groups excluding carboxylic acids is 1. The summed E-state index contributed by atoms with van der Waals surface area (Å²) in [6, 6.07) is 19.7. The van der Waals surface area contributed by atoms with Gasteiger partial charge in [-0.25, -0.2) is 0 Å². The zero-order valence-corrected chi connectivity index (χ0v) is 26.5. The van der Waals surface area contributed by atoms with Crippen molar-refractivity contribution in [2.45, 2.75) is 109 Å². The molecule has 1 N–H and O–H groups in total. The molecule has 0 radical (unpaired) electrons. The van der Waals surface area contributed by atoms with Crippen molar-refractivity contribution in [1.82, 2.24) is 0 Å². The summed E-state index contributed by atoms with van der Waals surface area (Å²) in [7, 11) is -0.693. The fourth-order valence-corrected chi connectivity index (χ4v) is 5.75. The molecule has 3 rings (SSSR count). The highest BCUT2D eigenvalue weighted by atomic mass is 28.4. The van der Waals surface area contributed by atoms with Crippen LogP contribution in [0.1, 0.15) is 51.7 Å². The predicted molar refractivity (Wildman–Crippen MR) is 161 cm³/mol. The Bertz CT molecular complexity index is 1140. The number of hydrogen-bond donors (Lipinski definition) is 1. The van der Waals surface area contributed by atoms with E-state index in [9.17, 15) is 9.90 Å². The topological polar surface area (TPSA) is 83.5 Å². The quantitative estimate of drug-likeness (QED) is 0.208. The smallest absolute Gasteiger partial charge is 0.308 e. The summed E-state index contributed by atoms with van der Waals surface area (Å²) in [5.74, 6) is 5.66. The molecular weight excluding hydrogens is 536 g/mol. The number of benzene rings is 2. The lowest BCUT2D eigenvalue weighted by atomic mass is 9.92. The molecule has 1 saturated heterocycles. The number of carbonyl (C=O) groups is 1. The van der Waals surface area contributed by atoms with Gasteiger partial charge in [-0.15, -0.1) is 0 Å². The van der Waals surface area contributed by atoms with Crippen LogP contribution in [0.2, 0.25) is 18.1 Å². The molecule has 1 aliphatic rings. The minimum absolute atomic E-state index is 0.0363. The Morgan fingerprint density at radius 1 is 1.00 bits per heavy atom. The van der Waals surface area contributed by atoms with Crippen LogP contribution in [-0.2, 0) is 41.4 Å². The van der Waals surface area contributed by atoms with Gasteiger partial charge in [0.1, 0.15) is 24.4 Å². The standard InChI is InChI=1S/C33H46O7Si/c1-24(40-41(6,7)33(2,3)4)18-19-28(34)31-32(38-23-26-16-12-9-13-17-26)29(20-27(39-31)21-30(35)36-5)37-22-25-14-10-8-11-15-25/h8-17,24,27-29,31-32,34H,20-23H2,1-7H3/t24-,27+,28-,29+,31+,32-/m1/s1. The van der Waals surface area contributed by atoms with Crippen molar-refractivity contribution in [1.29, 1.82) is 0 Å². The zero-order chi connectivity index (χ0) is 30.0. The molecule has 2 aromatic rings. The first-order valence-electron chi connectivity index (χ1n) is 14.3. The van der Waals surface area contributed by atoms with Gasteiger partial charge in [-0.2, -0.15) is 0 Å². The maximum atomic E-state index is 12.2. The first-order chi connectivity index (χ1) is 19.4. The van der Waals surface area contributed by atoms with Crippen molar-refractivity contribution < 1.29 is 33.3 Å². The SMILES string of the molecule is COC(=O)C[C@@H]1C[C@H](OCc2ccccc2)[C@@H](OCc2ccccc2)[C@H]([C@H](O)C#C[C@@H](C)O[Si](C)(C)C(C)(C)C)O1. The van der Waals surface area contributed by atoms with E-state index in [2.05, 4.69) is 45.7 Å². The van der Waals surface area contributed by atoms with E-state index in [4.69, 9.17) is 23.4 Å². The van der Waals surface area contributed by atoms with Gasteiger partial charge in [0.05, 0.1) is 39.0 Å². The van der Waals surface area contributed by atoms with Crippen LogP contribution in [0.15, 0.2) is 60.7 Å². The highest BCUT2D eigenvalue weighted by Crippen LogP contribution is 2.37. The molecule has 0 aromatic heterocycles. The third-order valence-corrected chi connectivity index (χ3v) is 12.3. The van der Waals surface area contributed by atoms with E-state index in [1.807, 2.05) is 67.6 Å². The number of methoxy groups -OCH3 is 1.